The minimum atomic E-state index is -5.13. The van der Waals surface area contributed by atoms with Gasteiger partial charge < -0.3 is 0 Å². The van der Waals surface area contributed by atoms with Gasteiger partial charge in [-0.2, -0.15) is 13.2 Å². The first-order valence-corrected chi connectivity index (χ1v) is 10.1. The van der Waals surface area contributed by atoms with Gasteiger partial charge in [-0.3, -0.25) is 24.2 Å². The van der Waals surface area contributed by atoms with E-state index < -0.39 is 42.4 Å². The Hall–Kier alpha value is -2.64. The van der Waals surface area contributed by atoms with Crippen molar-refractivity contribution >= 4 is 23.4 Å². The summed E-state index contributed by atoms with van der Waals surface area (Å²) in [5, 5.41) is 0. The lowest BCUT2D eigenvalue weighted by molar-refractivity contribution is -0.171. The molecular formula is C22H21F3N2O3. The van der Waals surface area contributed by atoms with E-state index in [9.17, 15) is 27.6 Å². The highest BCUT2D eigenvalue weighted by atomic mass is 19.4. The number of imide groups is 1. The van der Waals surface area contributed by atoms with Gasteiger partial charge in [0, 0.05) is 5.69 Å². The van der Waals surface area contributed by atoms with Crippen LogP contribution in [0.25, 0.3) is 0 Å². The molecule has 6 rings (SSSR count). The van der Waals surface area contributed by atoms with Crippen LogP contribution in [0.5, 0.6) is 0 Å². The normalized spacial score (nSPS) is 33.6. The van der Waals surface area contributed by atoms with Crippen molar-refractivity contribution in [3.63, 3.8) is 0 Å². The van der Waals surface area contributed by atoms with Crippen molar-refractivity contribution in [1.29, 1.82) is 0 Å². The maximum absolute atomic E-state index is 13.4. The van der Waals surface area contributed by atoms with Crippen molar-refractivity contribution in [3.05, 3.63) is 41.5 Å². The number of halogens is 3. The van der Waals surface area contributed by atoms with Crippen molar-refractivity contribution in [2.75, 3.05) is 11.6 Å². The number of rotatable bonds is 3. The third-order valence-corrected chi connectivity index (χ3v) is 7.39. The van der Waals surface area contributed by atoms with Gasteiger partial charge in [-0.1, -0.05) is 24.3 Å². The molecule has 3 fully saturated rings. The lowest BCUT2D eigenvalue weighted by atomic mass is 9.63. The van der Waals surface area contributed by atoms with E-state index in [1.54, 1.807) is 26.0 Å². The van der Waals surface area contributed by atoms with Crippen LogP contribution >= 0.6 is 0 Å². The fourth-order valence-electron chi connectivity index (χ4n) is 5.73. The smallest absolute Gasteiger partial charge is 0.286 e. The molecule has 1 aliphatic heterocycles. The van der Waals surface area contributed by atoms with E-state index in [-0.39, 0.29) is 17.5 Å². The summed E-state index contributed by atoms with van der Waals surface area (Å²) < 4.78 is 40.1. The van der Waals surface area contributed by atoms with E-state index >= 15 is 0 Å². The number of likely N-dealkylation sites (tertiary alicyclic amines) is 1. The Morgan fingerprint density at radius 3 is 2.17 bits per heavy atom. The van der Waals surface area contributed by atoms with E-state index in [0.717, 1.165) is 11.3 Å². The zero-order chi connectivity index (χ0) is 21.5. The monoisotopic (exact) mass is 418 g/mol. The summed E-state index contributed by atoms with van der Waals surface area (Å²) >= 11 is 0. The molecule has 1 saturated heterocycles. The van der Waals surface area contributed by atoms with E-state index in [1.807, 2.05) is 12.2 Å². The maximum atomic E-state index is 13.4. The lowest BCUT2D eigenvalue weighted by Crippen LogP contribution is -2.49. The number of allylic oxidation sites excluding steroid dienone is 2. The summed E-state index contributed by atoms with van der Waals surface area (Å²) in [4.78, 5) is 40.0. The average molecular weight is 418 g/mol. The second kappa shape index (κ2) is 6.18. The highest BCUT2D eigenvalue weighted by Gasteiger charge is 2.67. The second-order valence-corrected chi connectivity index (χ2v) is 8.85. The Labute approximate surface area is 171 Å². The Morgan fingerprint density at radius 1 is 1.07 bits per heavy atom. The molecule has 5 aliphatic rings. The molecular weight excluding hydrogens is 397 g/mol. The Kier molecular flexibility index (Phi) is 3.98. The van der Waals surface area contributed by atoms with Crippen molar-refractivity contribution < 1.29 is 27.6 Å². The van der Waals surface area contributed by atoms with Gasteiger partial charge in [-0.05, 0) is 61.1 Å². The molecule has 30 heavy (non-hydrogen) atoms. The molecule has 0 radical (unpaired) electrons. The third-order valence-electron chi connectivity index (χ3n) is 7.39. The number of carbonyl (C=O) groups excluding carboxylic acids is 3. The van der Waals surface area contributed by atoms with Gasteiger partial charge in [0.15, 0.2) is 0 Å². The topological polar surface area (TPSA) is 57.7 Å². The zero-order valence-corrected chi connectivity index (χ0v) is 16.5. The minimum Gasteiger partial charge on any atom is -0.286 e. The molecule has 2 saturated carbocycles. The van der Waals surface area contributed by atoms with E-state index in [1.165, 1.54) is 6.07 Å². The van der Waals surface area contributed by atoms with Gasteiger partial charge >= 0.3 is 12.1 Å². The first-order chi connectivity index (χ1) is 14.1. The molecule has 2 bridgehead atoms. The molecule has 8 heteroatoms. The average Bonchev–Trinajstić information content (AvgIpc) is 3.47. The van der Waals surface area contributed by atoms with Gasteiger partial charge in [-0.15, -0.1) is 0 Å². The third kappa shape index (κ3) is 2.58. The molecule has 4 aliphatic carbocycles. The second-order valence-electron chi connectivity index (χ2n) is 8.85. The van der Waals surface area contributed by atoms with Crippen LogP contribution in [0.1, 0.15) is 17.5 Å². The fourth-order valence-corrected chi connectivity index (χ4v) is 5.73. The van der Waals surface area contributed by atoms with Crippen LogP contribution in [0.15, 0.2) is 30.4 Å². The largest absolute Gasteiger partial charge is 0.471 e. The molecule has 158 valence electrons. The molecule has 3 amide bonds. The molecule has 0 unspecified atom stereocenters. The van der Waals surface area contributed by atoms with Crippen LogP contribution in [-0.2, 0) is 14.4 Å². The fraction of sp³-hybridized carbons (Fsp3) is 0.500. The summed E-state index contributed by atoms with van der Waals surface area (Å²) in [5.74, 6) is -3.31. The van der Waals surface area contributed by atoms with Crippen LogP contribution in [0.4, 0.5) is 18.9 Å². The van der Waals surface area contributed by atoms with E-state index in [0.29, 0.717) is 27.9 Å². The standard InChI is InChI=1S/C22H21F3N2O3/c1-10-4-3-5-16(11(10)2)26(21(30)22(23,24)25)9-27-19(28)17-12-6-7-13(15-8-14(12)15)18(17)20(27)29/h3-7,12-15,17-18H,8-9H2,1-2H3/t12-,13-,14-,15+,17-,18+/m1/s1. The highest BCUT2D eigenvalue weighted by molar-refractivity contribution is 6.07. The molecule has 1 aromatic carbocycles. The number of amides is 3. The van der Waals surface area contributed by atoms with Crippen molar-refractivity contribution in [1.82, 2.24) is 4.90 Å². The molecule has 0 N–H and O–H groups in total. The van der Waals surface area contributed by atoms with Crippen molar-refractivity contribution in [2.45, 2.75) is 26.4 Å². The zero-order valence-electron chi connectivity index (χ0n) is 16.5. The van der Waals surface area contributed by atoms with Gasteiger partial charge in [0.2, 0.25) is 11.8 Å². The molecule has 0 aromatic heterocycles. The lowest BCUT2D eigenvalue weighted by Gasteiger charge is -2.37. The van der Waals surface area contributed by atoms with Gasteiger partial charge in [0.1, 0.15) is 6.67 Å². The Morgan fingerprint density at radius 2 is 1.63 bits per heavy atom. The summed E-state index contributed by atoms with van der Waals surface area (Å²) in [7, 11) is 0. The first-order valence-electron chi connectivity index (χ1n) is 10.1. The molecule has 6 atom stereocenters. The molecule has 5 nitrogen and oxygen atoms in total. The van der Waals surface area contributed by atoms with Crippen LogP contribution in [0, 0.1) is 49.4 Å². The first kappa shape index (κ1) is 19.3. The predicted molar refractivity (Wildman–Crippen MR) is 101 cm³/mol. The SMILES string of the molecule is Cc1cccc(N(CN2C(=O)[C@@H]3[C@@H]4C=C[C@H]([C@@H]5C[C@H]45)[C@@H]3C2=O)C(=O)C(F)(F)F)c1C. The number of anilines is 1. The minimum absolute atomic E-state index is 0.0288. The summed E-state index contributed by atoms with van der Waals surface area (Å²) in [5.41, 5.74) is 1.26. The summed E-state index contributed by atoms with van der Waals surface area (Å²) in [6.45, 7) is 2.62. The van der Waals surface area contributed by atoms with Crippen LogP contribution in [0.3, 0.4) is 0 Å². The van der Waals surface area contributed by atoms with Gasteiger partial charge in [-0.25, -0.2) is 0 Å². The number of carbonyl (C=O) groups is 3. The number of hydrogen-bond donors (Lipinski definition) is 0. The van der Waals surface area contributed by atoms with Gasteiger partial charge in [0.05, 0.1) is 11.8 Å². The van der Waals surface area contributed by atoms with E-state index in [2.05, 4.69) is 0 Å². The Balaban J connectivity index is 1.50. The van der Waals surface area contributed by atoms with Crippen LogP contribution in [-0.4, -0.2) is 35.5 Å². The van der Waals surface area contributed by atoms with Crippen LogP contribution < -0.4 is 4.90 Å². The maximum Gasteiger partial charge on any atom is 0.471 e. The Bertz CT molecular complexity index is 966. The van der Waals surface area contributed by atoms with E-state index in [4.69, 9.17) is 0 Å². The molecule has 0 spiro atoms. The van der Waals surface area contributed by atoms with Crippen molar-refractivity contribution in [2.24, 2.45) is 35.5 Å². The predicted octanol–water partition coefficient (Wildman–Crippen LogP) is 3.21. The van der Waals surface area contributed by atoms with Gasteiger partial charge in [0.25, 0.3) is 0 Å². The molecule has 1 heterocycles. The summed E-state index contributed by atoms with van der Waals surface area (Å²) in [6, 6.07) is 4.69. The quantitative estimate of drug-likeness (QED) is 0.560. The number of hydrogen-bond acceptors (Lipinski definition) is 3. The number of benzene rings is 1. The number of aryl methyl sites for hydroxylation is 1. The number of alkyl halides is 3. The highest BCUT2D eigenvalue weighted by Crippen LogP contribution is 2.65. The summed E-state index contributed by atoms with van der Waals surface area (Å²) in [6.07, 6.45) is -0.135. The molecule has 1 aromatic rings. The van der Waals surface area contributed by atoms with Crippen LogP contribution in [0.2, 0.25) is 0 Å². The van der Waals surface area contributed by atoms with Crippen molar-refractivity contribution in [3.8, 4) is 0 Å². The number of nitrogens with zero attached hydrogens (tertiary/aromatic N) is 2.